The zero-order chi connectivity index (χ0) is 19.4. The van der Waals surface area contributed by atoms with E-state index in [2.05, 4.69) is 18.2 Å². The van der Waals surface area contributed by atoms with E-state index in [4.69, 9.17) is 23.2 Å². The Balaban J connectivity index is 1.53. The predicted molar refractivity (Wildman–Crippen MR) is 118 cm³/mol. The molecule has 0 N–H and O–H groups in total. The number of hydrogen-bond donors (Lipinski definition) is 0. The van der Waals surface area contributed by atoms with Gasteiger partial charge in [-0.25, -0.2) is 0 Å². The van der Waals surface area contributed by atoms with Crippen molar-refractivity contribution >= 4 is 72.9 Å². The van der Waals surface area contributed by atoms with Gasteiger partial charge in [-0.1, -0.05) is 53.5 Å². The molecule has 2 aromatic carbocycles. The van der Waals surface area contributed by atoms with Gasteiger partial charge < -0.3 is 0 Å². The average Bonchev–Trinajstić information content (AvgIpc) is 3.31. The fourth-order valence-electron chi connectivity index (χ4n) is 3.26. The lowest BCUT2D eigenvalue weighted by molar-refractivity contribution is 0.0990. The molecule has 0 amide bonds. The van der Waals surface area contributed by atoms with Gasteiger partial charge in [-0.05, 0) is 35.9 Å². The minimum absolute atomic E-state index is 0.158. The molecule has 0 bridgehead atoms. The summed E-state index contributed by atoms with van der Waals surface area (Å²) < 4.78 is 2.27. The molecular weight excluding hydrogens is 431 g/mol. The van der Waals surface area contributed by atoms with Gasteiger partial charge in [0.25, 0.3) is 0 Å². The number of rotatable bonds is 2. The Labute approximate surface area is 178 Å². The largest absolute Gasteiger partial charge is 0.288 e. The first-order valence-electron chi connectivity index (χ1n) is 8.40. The lowest BCUT2D eigenvalue weighted by Crippen LogP contribution is -1.99. The predicted octanol–water partition coefficient (Wildman–Crippen LogP) is 7.40. The third-order valence-electron chi connectivity index (χ3n) is 4.61. The zero-order valence-corrected chi connectivity index (χ0v) is 17.3. The first kappa shape index (κ1) is 17.8. The van der Waals surface area contributed by atoms with Crippen LogP contribution in [0.15, 0.2) is 60.2 Å². The highest BCUT2D eigenvalue weighted by Gasteiger charge is 2.34. The van der Waals surface area contributed by atoms with Crippen LogP contribution < -0.4 is 0 Å². The van der Waals surface area contributed by atoms with E-state index in [1.54, 1.807) is 28.7 Å². The molecule has 0 saturated heterocycles. The van der Waals surface area contributed by atoms with E-state index in [1.165, 1.54) is 22.6 Å². The van der Waals surface area contributed by atoms with E-state index in [1.807, 2.05) is 24.3 Å². The molecule has 0 radical (unpaired) electrons. The van der Waals surface area contributed by atoms with Crippen LogP contribution in [0.4, 0.5) is 0 Å². The van der Waals surface area contributed by atoms with Crippen LogP contribution in [-0.2, 0) is 0 Å². The van der Waals surface area contributed by atoms with E-state index < -0.39 is 0 Å². The van der Waals surface area contributed by atoms with Gasteiger partial charge in [-0.15, -0.1) is 22.7 Å². The fraction of sp³-hybridized carbons (Fsp3) is 0. The summed E-state index contributed by atoms with van der Waals surface area (Å²) in [5, 5.41) is 0.542. The van der Waals surface area contributed by atoms with E-state index in [0.29, 0.717) is 11.1 Å². The van der Waals surface area contributed by atoms with Crippen molar-refractivity contribution in [3.05, 3.63) is 86.2 Å². The van der Waals surface area contributed by atoms with Crippen LogP contribution in [0, 0.1) is 0 Å². The minimum Gasteiger partial charge on any atom is -0.288 e. The van der Waals surface area contributed by atoms with Crippen molar-refractivity contribution < 1.29 is 9.59 Å². The number of benzene rings is 2. The van der Waals surface area contributed by atoms with E-state index in [9.17, 15) is 9.59 Å². The van der Waals surface area contributed by atoms with E-state index in [0.717, 1.165) is 14.3 Å². The van der Waals surface area contributed by atoms with Crippen LogP contribution in [0.25, 0.3) is 25.9 Å². The molecule has 1 aliphatic carbocycles. The first-order valence-corrected chi connectivity index (χ1v) is 10.8. The summed E-state index contributed by atoms with van der Waals surface area (Å²) in [6, 6.07) is 17.3. The average molecular weight is 441 g/mol. The molecule has 5 rings (SSSR count). The van der Waals surface area contributed by atoms with Crippen molar-refractivity contribution in [2.24, 2.45) is 0 Å². The van der Waals surface area contributed by atoms with Crippen molar-refractivity contribution in [3.63, 3.8) is 0 Å². The second kappa shape index (κ2) is 6.68. The molecule has 0 unspecified atom stereocenters. The number of Topliss-reactive ketones (excluding diaryl/α,β-unsaturated/α-hetero) is 2. The van der Waals surface area contributed by atoms with Gasteiger partial charge in [0, 0.05) is 30.3 Å². The van der Waals surface area contributed by atoms with Crippen molar-refractivity contribution in [3.8, 4) is 10.4 Å². The summed E-state index contributed by atoms with van der Waals surface area (Å²) in [6.07, 6.45) is 1.67. The van der Waals surface area contributed by atoms with Crippen molar-refractivity contribution in [1.29, 1.82) is 0 Å². The van der Waals surface area contributed by atoms with Gasteiger partial charge in [0.05, 0.1) is 15.6 Å². The molecule has 0 atom stereocenters. The number of fused-ring (bicyclic) bond motifs is 2. The Bertz CT molecular complexity index is 1240. The number of carbonyl (C=O) groups excluding carboxylic acids is 2. The van der Waals surface area contributed by atoms with Crippen molar-refractivity contribution in [2.45, 2.75) is 0 Å². The Morgan fingerprint density at radius 2 is 1.36 bits per heavy atom. The molecule has 0 fully saturated rings. The maximum atomic E-state index is 12.7. The summed E-state index contributed by atoms with van der Waals surface area (Å²) in [5.74, 6) is -0.611. The Hall–Kier alpha value is -2.24. The normalized spacial score (nSPS) is 13.4. The highest BCUT2D eigenvalue weighted by molar-refractivity contribution is 7.29. The summed E-state index contributed by atoms with van der Waals surface area (Å²) >= 11 is 15.3. The summed E-state index contributed by atoms with van der Waals surface area (Å²) in [5.41, 5.74) is 1.97. The maximum absolute atomic E-state index is 12.7. The van der Waals surface area contributed by atoms with Crippen LogP contribution >= 0.6 is 45.9 Å². The van der Waals surface area contributed by atoms with Crippen LogP contribution in [0.1, 0.15) is 25.6 Å². The Kier molecular flexibility index (Phi) is 4.25. The minimum atomic E-state index is -0.305. The first-order chi connectivity index (χ1) is 13.5. The second-order valence-electron chi connectivity index (χ2n) is 6.38. The fourth-order valence-corrected chi connectivity index (χ4v) is 5.94. The standard InChI is InChI=1S/C22H10Cl2O2S2/c23-16-8-13-14(9-17(16)24)22(26)15(21(13)25)6-12-7-19-20(27-12)10-18(28-19)11-4-2-1-3-5-11/h1-10H. The quantitative estimate of drug-likeness (QED) is 0.240. The van der Waals surface area contributed by atoms with Crippen LogP contribution in [-0.4, -0.2) is 11.6 Å². The van der Waals surface area contributed by atoms with Crippen LogP contribution in [0.2, 0.25) is 10.0 Å². The molecule has 0 saturated carbocycles. The highest BCUT2D eigenvalue weighted by Crippen LogP contribution is 2.40. The Morgan fingerprint density at radius 3 is 1.96 bits per heavy atom. The van der Waals surface area contributed by atoms with E-state index in [-0.39, 0.29) is 27.2 Å². The molecule has 0 aliphatic heterocycles. The molecule has 2 heterocycles. The van der Waals surface area contributed by atoms with Gasteiger partial charge in [0.2, 0.25) is 0 Å². The molecule has 2 aromatic heterocycles. The van der Waals surface area contributed by atoms with Gasteiger partial charge in [-0.2, -0.15) is 0 Å². The molecule has 28 heavy (non-hydrogen) atoms. The SMILES string of the molecule is O=C1C(=Cc2cc3sc(-c4ccccc4)cc3s2)C(=O)c2cc(Cl)c(Cl)cc21. The van der Waals surface area contributed by atoms with Gasteiger partial charge in [-0.3, -0.25) is 9.59 Å². The number of allylic oxidation sites excluding steroid dienone is 1. The summed E-state index contributed by atoms with van der Waals surface area (Å²) in [4.78, 5) is 27.4. The maximum Gasteiger partial charge on any atom is 0.197 e. The second-order valence-corrected chi connectivity index (χ2v) is 9.40. The zero-order valence-electron chi connectivity index (χ0n) is 14.2. The smallest absolute Gasteiger partial charge is 0.197 e. The lowest BCUT2D eigenvalue weighted by Gasteiger charge is -1.98. The van der Waals surface area contributed by atoms with Gasteiger partial charge >= 0.3 is 0 Å². The highest BCUT2D eigenvalue weighted by atomic mass is 35.5. The number of ketones is 2. The summed E-state index contributed by atoms with van der Waals surface area (Å²) in [7, 11) is 0. The van der Waals surface area contributed by atoms with E-state index >= 15 is 0 Å². The molecule has 4 aromatic rings. The Morgan fingerprint density at radius 1 is 0.750 bits per heavy atom. The molecular formula is C22H10Cl2O2S2. The van der Waals surface area contributed by atoms with Gasteiger partial charge in [0.15, 0.2) is 11.6 Å². The van der Waals surface area contributed by atoms with Crippen molar-refractivity contribution in [1.82, 2.24) is 0 Å². The third-order valence-corrected chi connectivity index (χ3v) is 7.62. The molecule has 1 aliphatic rings. The van der Waals surface area contributed by atoms with Crippen molar-refractivity contribution in [2.75, 3.05) is 0 Å². The number of halogens is 2. The number of thiophene rings is 2. The number of carbonyl (C=O) groups is 2. The van der Waals surface area contributed by atoms with Crippen LogP contribution in [0.3, 0.4) is 0 Å². The number of hydrogen-bond acceptors (Lipinski definition) is 4. The molecule has 2 nitrogen and oxygen atoms in total. The third kappa shape index (κ3) is 2.85. The lowest BCUT2D eigenvalue weighted by atomic mass is 10.1. The molecule has 136 valence electrons. The summed E-state index contributed by atoms with van der Waals surface area (Å²) in [6.45, 7) is 0. The molecule has 0 spiro atoms. The monoisotopic (exact) mass is 440 g/mol. The van der Waals surface area contributed by atoms with Crippen LogP contribution in [0.5, 0.6) is 0 Å². The molecule has 6 heteroatoms. The van der Waals surface area contributed by atoms with Gasteiger partial charge in [0.1, 0.15) is 0 Å². The topological polar surface area (TPSA) is 34.1 Å².